The van der Waals surface area contributed by atoms with Crippen LogP contribution in [0.5, 0.6) is 5.75 Å². The van der Waals surface area contributed by atoms with Gasteiger partial charge in [-0.15, -0.1) is 28.1 Å². The highest BCUT2D eigenvalue weighted by Gasteiger charge is 2.16. The molecule has 2 aromatic heterocycles. The van der Waals surface area contributed by atoms with E-state index in [0.29, 0.717) is 34.3 Å². The first kappa shape index (κ1) is 25.0. The summed E-state index contributed by atoms with van der Waals surface area (Å²) in [4.78, 5) is 18.0. The van der Waals surface area contributed by atoms with Crippen molar-refractivity contribution in [1.29, 1.82) is 0 Å². The lowest BCUT2D eigenvalue weighted by atomic mass is 10.1. The second kappa shape index (κ2) is 12.0. The first-order chi connectivity index (χ1) is 17.1. The number of nitrogens with one attached hydrogen (secondary N) is 1. The molecule has 0 spiro atoms. The van der Waals surface area contributed by atoms with E-state index in [1.54, 1.807) is 12.3 Å². The van der Waals surface area contributed by atoms with Gasteiger partial charge in [0.2, 0.25) is 5.91 Å². The number of ether oxygens (including phenoxy) is 1. The molecular formula is C25H24ClN5O2S2. The summed E-state index contributed by atoms with van der Waals surface area (Å²) in [5, 5.41) is 13.4. The van der Waals surface area contributed by atoms with E-state index in [0.717, 1.165) is 28.2 Å². The lowest BCUT2D eigenvalue weighted by Crippen LogP contribution is -2.14. The molecule has 0 aliphatic heterocycles. The maximum absolute atomic E-state index is 12.6. The van der Waals surface area contributed by atoms with Crippen molar-refractivity contribution in [3.8, 4) is 17.1 Å². The van der Waals surface area contributed by atoms with Crippen molar-refractivity contribution < 1.29 is 9.53 Å². The maximum Gasteiger partial charge on any atom is 0.236 e. The Labute approximate surface area is 217 Å². The van der Waals surface area contributed by atoms with E-state index in [1.807, 2.05) is 60.0 Å². The fourth-order valence-corrected chi connectivity index (χ4v) is 5.04. The molecule has 10 heteroatoms. The van der Waals surface area contributed by atoms with Gasteiger partial charge >= 0.3 is 0 Å². The predicted octanol–water partition coefficient (Wildman–Crippen LogP) is 5.96. The Morgan fingerprint density at radius 1 is 1.20 bits per heavy atom. The maximum atomic E-state index is 12.6. The van der Waals surface area contributed by atoms with Crippen LogP contribution in [0.15, 0.2) is 72.5 Å². The van der Waals surface area contributed by atoms with E-state index in [2.05, 4.69) is 27.1 Å². The Morgan fingerprint density at radius 2 is 1.97 bits per heavy atom. The number of rotatable bonds is 11. The van der Waals surface area contributed by atoms with Gasteiger partial charge in [-0.2, -0.15) is 0 Å². The van der Waals surface area contributed by atoms with E-state index >= 15 is 0 Å². The molecule has 0 saturated heterocycles. The Hall–Kier alpha value is -3.14. The average molecular weight is 526 g/mol. The molecular weight excluding hydrogens is 502 g/mol. The third-order valence-corrected chi connectivity index (χ3v) is 7.01. The molecule has 7 nitrogen and oxygen atoms in total. The van der Waals surface area contributed by atoms with Gasteiger partial charge in [0.1, 0.15) is 5.75 Å². The second-order valence-electron chi connectivity index (χ2n) is 7.43. The molecule has 0 bridgehead atoms. The number of thiazole rings is 1. The zero-order chi connectivity index (χ0) is 24.6. The number of hydrogen-bond acceptors (Lipinski definition) is 7. The summed E-state index contributed by atoms with van der Waals surface area (Å²) in [6.45, 7) is 6.93. The molecule has 2 heterocycles. The van der Waals surface area contributed by atoms with Crippen molar-refractivity contribution in [1.82, 2.24) is 19.7 Å². The standard InChI is InChI=1S/C25H24ClN5O2S2/c1-3-13-31-23(18-7-11-20(12-8-18)33-4-2)29-30-25(31)34-16-22(32)28-24-27-15-21(35-24)14-17-5-9-19(26)10-6-17/h3,5-12,15H,1,4,13-14,16H2,2H3,(H,27,28,32). The highest BCUT2D eigenvalue weighted by molar-refractivity contribution is 7.99. The fourth-order valence-electron chi connectivity index (χ4n) is 3.31. The number of anilines is 1. The van der Waals surface area contributed by atoms with Gasteiger partial charge in [-0.05, 0) is 48.9 Å². The number of thioether (sulfide) groups is 1. The summed E-state index contributed by atoms with van der Waals surface area (Å²) in [6, 6.07) is 15.4. The Bertz CT molecular complexity index is 1290. The summed E-state index contributed by atoms with van der Waals surface area (Å²) in [5.74, 6) is 1.54. The minimum absolute atomic E-state index is 0.154. The minimum Gasteiger partial charge on any atom is -0.494 e. The number of carbonyl (C=O) groups excluding carboxylic acids is 1. The van der Waals surface area contributed by atoms with Gasteiger partial charge < -0.3 is 10.1 Å². The number of nitrogens with zero attached hydrogens (tertiary/aromatic N) is 4. The van der Waals surface area contributed by atoms with E-state index in [9.17, 15) is 4.79 Å². The van der Waals surface area contributed by atoms with Gasteiger partial charge in [-0.1, -0.05) is 41.6 Å². The lowest BCUT2D eigenvalue weighted by molar-refractivity contribution is -0.113. The topological polar surface area (TPSA) is 81.9 Å². The summed E-state index contributed by atoms with van der Waals surface area (Å²) < 4.78 is 7.45. The SMILES string of the molecule is C=CCn1c(SCC(=O)Nc2ncc(Cc3ccc(Cl)cc3)s2)nnc1-c1ccc(OCC)cc1. The highest BCUT2D eigenvalue weighted by Crippen LogP contribution is 2.27. The molecule has 0 aliphatic carbocycles. The summed E-state index contributed by atoms with van der Waals surface area (Å²) in [7, 11) is 0. The van der Waals surface area contributed by atoms with Crippen LogP contribution in [-0.2, 0) is 17.8 Å². The predicted molar refractivity (Wildman–Crippen MR) is 143 cm³/mol. The average Bonchev–Trinajstić information content (AvgIpc) is 3.47. The van der Waals surface area contributed by atoms with Gasteiger partial charge in [0.05, 0.1) is 12.4 Å². The zero-order valence-electron chi connectivity index (χ0n) is 19.1. The highest BCUT2D eigenvalue weighted by atomic mass is 35.5. The molecule has 0 fully saturated rings. The molecule has 0 saturated carbocycles. The Kier molecular flexibility index (Phi) is 8.57. The van der Waals surface area contributed by atoms with E-state index in [1.165, 1.54) is 23.1 Å². The molecule has 35 heavy (non-hydrogen) atoms. The smallest absolute Gasteiger partial charge is 0.236 e. The second-order valence-corrected chi connectivity index (χ2v) is 9.93. The zero-order valence-corrected chi connectivity index (χ0v) is 21.5. The minimum atomic E-state index is -0.154. The molecule has 0 aliphatic rings. The van der Waals surface area contributed by atoms with Gasteiger partial charge in [0, 0.05) is 34.6 Å². The third-order valence-electron chi connectivity index (χ3n) is 4.88. The number of allylic oxidation sites excluding steroid dienone is 1. The molecule has 1 amide bonds. The first-order valence-corrected chi connectivity index (χ1v) is 13.1. The molecule has 4 rings (SSSR count). The van der Waals surface area contributed by atoms with Crippen molar-refractivity contribution in [2.75, 3.05) is 17.7 Å². The molecule has 180 valence electrons. The van der Waals surface area contributed by atoms with Crippen LogP contribution in [-0.4, -0.2) is 38.0 Å². The number of halogens is 1. The van der Waals surface area contributed by atoms with Crippen LogP contribution >= 0.6 is 34.7 Å². The van der Waals surface area contributed by atoms with Crippen molar-refractivity contribution in [2.45, 2.75) is 25.0 Å². The number of benzene rings is 2. The molecule has 0 radical (unpaired) electrons. The van der Waals surface area contributed by atoms with Gasteiger partial charge in [-0.3, -0.25) is 9.36 Å². The lowest BCUT2D eigenvalue weighted by Gasteiger charge is -2.08. The Balaban J connectivity index is 1.36. The molecule has 0 unspecified atom stereocenters. The number of carbonyl (C=O) groups is 1. The van der Waals surface area contributed by atoms with Crippen molar-refractivity contribution in [2.24, 2.45) is 0 Å². The van der Waals surface area contributed by atoms with Crippen LogP contribution < -0.4 is 10.1 Å². The van der Waals surface area contributed by atoms with Crippen molar-refractivity contribution in [3.05, 3.63) is 82.8 Å². The monoisotopic (exact) mass is 525 g/mol. The third kappa shape index (κ3) is 6.72. The van der Waals surface area contributed by atoms with Crippen LogP contribution in [0.3, 0.4) is 0 Å². The van der Waals surface area contributed by atoms with E-state index < -0.39 is 0 Å². The van der Waals surface area contributed by atoms with Crippen molar-refractivity contribution in [3.63, 3.8) is 0 Å². The fraction of sp³-hybridized carbons (Fsp3) is 0.200. The quantitative estimate of drug-likeness (QED) is 0.192. The van der Waals surface area contributed by atoms with Crippen LogP contribution in [0.25, 0.3) is 11.4 Å². The summed E-state index contributed by atoms with van der Waals surface area (Å²) >= 11 is 8.73. The molecule has 2 aromatic carbocycles. The molecule has 1 N–H and O–H groups in total. The van der Waals surface area contributed by atoms with Crippen LogP contribution in [0.1, 0.15) is 17.4 Å². The molecule has 4 aromatic rings. The molecule has 0 atom stereocenters. The van der Waals surface area contributed by atoms with E-state index in [4.69, 9.17) is 16.3 Å². The number of hydrogen-bond donors (Lipinski definition) is 1. The first-order valence-electron chi connectivity index (χ1n) is 10.9. The largest absolute Gasteiger partial charge is 0.494 e. The van der Waals surface area contributed by atoms with Gasteiger partial charge in [0.15, 0.2) is 16.1 Å². The van der Waals surface area contributed by atoms with Crippen LogP contribution in [0.2, 0.25) is 5.02 Å². The van der Waals surface area contributed by atoms with Crippen LogP contribution in [0.4, 0.5) is 5.13 Å². The summed E-state index contributed by atoms with van der Waals surface area (Å²) in [6.07, 6.45) is 4.30. The van der Waals surface area contributed by atoms with Crippen molar-refractivity contribution >= 4 is 45.7 Å². The van der Waals surface area contributed by atoms with Gasteiger partial charge in [-0.25, -0.2) is 4.98 Å². The summed E-state index contributed by atoms with van der Waals surface area (Å²) in [5.41, 5.74) is 2.05. The number of aromatic nitrogens is 4. The van der Waals surface area contributed by atoms with E-state index in [-0.39, 0.29) is 11.7 Å². The normalized spacial score (nSPS) is 10.8. The van der Waals surface area contributed by atoms with Crippen LogP contribution in [0, 0.1) is 0 Å². The number of amides is 1. The van der Waals surface area contributed by atoms with Gasteiger partial charge in [0.25, 0.3) is 0 Å². The Morgan fingerprint density at radius 3 is 2.69 bits per heavy atom.